The van der Waals surface area contributed by atoms with Gasteiger partial charge in [0.1, 0.15) is 6.61 Å². The molecule has 0 spiro atoms. The molecule has 0 aromatic carbocycles. The van der Waals surface area contributed by atoms with E-state index in [0.717, 1.165) is 0 Å². The zero-order chi connectivity index (χ0) is 14.7. The average molecular weight is 276 g/mol. The van der Waals surface area contributed by atoms with Crippen molar-refractivity contribution in [2.75, 3.05) is 26.4 Å². The van der Waals surface area contributed by atoms with E-state index >= 15 is 0 Å². The molecule has 108 valence electrons. The fourth-order valence-corrected chi connectivity index (χ4v) is 1.83. The summed E-state index contributed by atoms with van der Waals surface area (Å²) in [5.41, 5.74) is -5.10. The van der Waals surface area contributed by atoms with Gasteiger partial charge in [0.05, 0.1) is 19.8 Å². The Kier molecular flexibility index (Phi) is 4.48. The lowest BCUT2D eigenvalue weighted by molar-refractivity contribution is -0.193. The second-order valence-electron chi connectivity index (χ2n) is 3.94. The van der Waals surface area contributed by atoms with Crippen LogP contribution in [0, 0.1) is 5.41 Å². The maximum Gasteiger partial charge on any atom is 0.342 e. The van der Waals surface area contributed by atoms with Crippen LogP contribution in [0.2, 0.25) is 0 Å². The van der Waals surface area contributed by atoms with E-state index in [0.29, 0.717) is 0 Å². The Labute approximate surface area is 109 Å². The molecule has 1 saturated heterocycles. The Hall–Kier alpha value is -1.67. The van der Waals surface area contributed by atoms with Crippen molar-refractivity contribution in [1.29, 1.82) is 0 Å². The summed E-state index contributed by atoms with van der Waals surface area (Å²) in [6.45, 7) is 0.939. The summed E-state index contributed by atoms with van der Waals surface area (Å²) in [7, 11) is 0. The third-order valence-corrected chi connectivity index (χ3v) is 2.94. The lowest BCUT2D eigenvalue weighted by atomic mass is 9.74. The van der Waals surface area contributed by atoms with Gasteiger partial charge >= 0.3 is 17.9 Å². The van der Waals surface area contributed by atoms with E-state index in [2.05, 4.69) is 4.74 Å². The number of esters is 3. The molecule has 1 aliphatic rings. The number of aliphatic hydroxyl groups is 2. The first-order chi connectivity index (χ1) is 8.90. The summed E-state index contributed by atoms with van der Waals surface area (Å²) in [5.74, 6) is -3.61. The average Bonchev–Trinajstić information content (AvgIpc) is 2.65. The molecule has 8 nitrogen and oxygen atoms in total. The Balaban J connectivity index is 3.30. The molecule has 0 amide bonds. The molecule has 1 fully saturated rings. The minimum absolute atomic E-state index is 0.0737. The van der Waals surface area contributed by atoms with Crippen LogP contribution < -0.4 is 0 Å². The first-order valence-corrected chi connectivity index (χ1v) is 5.75. The molecule has 0 radical (unpaired) electrons. The minimum atomic E-state index is -2.70. The number of carbonyl (C=O) groups excluding carboxylic acids is 3. The third kappa shape index (κ3) is 2.06. The van der Waals surface area contributed by atoms with Crippen LogP contribution in [0.15, 0.2) is 0 Å². The summed E-state index contributed by atoms with van der Waals surface area (Å²) >= 11 is 0. The van der Waals surface area contributed by atoms with Gasteiger partial charge in [-0.1, -0.05) is 0 Å². The molecule has 0 saturated carbocycles. The molecule has 1 heterocycles. The molecule has 0 aliphatic carbocycles. The van der Waals surface area contributed by atoms with Crippen molar-refractivity contribution >= 4 is 17.9 Å². The van der Waals surface area contributed by atoms with E-state index in [1.807, 2.05) is 0 Å². The molecule has 19 heavy (non-hydrogen) atoms. The molecule has 8 heteroatoms. The number of aliphatic hydroxyl groups excluding tert-OH is 1. The number of cyclic esters (lactones) is 1. The molecule has 1 rings (SSSR count). The first kappa shape index (κ1) is 15.4. The molecule has 1 atom stereocenters. The molecule has 1 unspecified atom stereocenters. The van der Waals surface area contributed by atoms with Gasteiger partial charge in [0, 0.05) is 0 Å². The fourth-order valence-electron chi connectivity index (χ4n) is 1.83. The van der Waals surface area contributed by atoms with E-state index in [1.165, 1.54) is 13.8 Å². The van der Waals surface area contributed by atoms with Crippen LogP contribution in [0.4, 0.5) is 0 Å². The van der Waals surface area contributed by atoms with E-state index < -0.39 is 42.1 Å². The third-order valence-electron chi connectivity index (χ3n) is 2.94. The highest BCUT2D eigenvalue weighted by Gasteiger charge is 2.73. The van der Waals surface area contributed by atoms with Crippen molar-refractivity contribution < 1.29 is 38.8 Å². The maximum absolute atomic E-state index is 12.0. The van der Waals surface area contributed by atoms with Gasteiger partial charge in [-0.05, 0) is 13.8 Å². The maximum atomic E-state index is 12.0. The second kappa shape index (κ2) is 5.54. The van der Waals surface area contributed by atoms with Crippen LogP contribution in [0.5, 0.6) is 0 Å². The summed E-state index contributed by atoms with van der Waals surface area (Å²) in [6, 6.07) is 0. The molecule has 0 aromatic rings. The quantitative estimate of drug-likeness (QED) is 0.349. The number of ether oxygens (including phenoxy) is 3. The Bertz CT molecular complexity index is 372. The van der Waals surface area contributed by atoms with Crippen LogP contribution in [0.25, 0.3) is 0 Å². The predicted molar refractivity (Wildman–Crippen MR) is 58.7 cm³/mol. The van der Waals surface area contributed by atoms with Crippen LogP contribution in [0.1, 0.15) is 13.8 Å². The molecule has 2 N–H and O–H groups in total. The van der Waals surface area contributed by atoms with E-state index in [4.69, 9.17) is 9.47 Å². The zero-order valence-corrected chi connectivity index (χ0v) is 10.7. The Morgan fingerprint density at radius 3 is 2.11 bits per heavy atom. The van der Waals surface area contributed by atoms with Crippen LogP contribution in [-0.2, 0) is 28.6 Å². The largest absolute Gasteiger partial charge is 0.465 e. The lowest BCUT2D eigenvalue weighted by Gasteiger charge is -2.31. The Morgan fingerprint density at radius 2 is 1.74 bits per heavy atom. The van der Waals surface area contributed by atoms with Crippen molar-refractivity contribution in [3.8, 4) is 0 Å². The number of rotatable bonds is 5. The zero-order valence-electron chi connectivity index (χ0n) is 10.7. The van der Waals surface area contributed by atoms with Crippen molar-refractivity contribution in [3.05, 3.63) is 0 Å². The molecule has 1 aliphatic heterocycles. The highest BCUT2D eigenvalue weighted by molar-refractivity contribution is 6.09. The van der Waals surface area contributed by atoms with E-state index in [9.17, 15) is 24.6 Å². The summed E-state index contributed by atoms with van der Waals surface area (Å²) < 4.78 is 14.0. The SMILES string of the molecule is CCOC(=O)C1(C(=O)OCC)COC(=O)C1(O)CO. The van der Waals surface area contributed by atoms with Crippen molar-refractivity contribution in [1.82, 2.24) is 0 Å². The monoisotopic (exact) mass is 276 g/mol. The first-order valence-electron chi connectivity index (χ1n) is 5.75. The fraction of sp³-hybridized carbons (Fsp3) is 0.727. The van der Waals surface area contributed by atoms with Crippen LogP contribution >= 0.6 is 0 Å². The predicted octanol–water partition coefficient (Wildman–Crippen LogP) is -1.62. The lowest BCUT2D eigenvalue weighted by Crippen LogP contribution is -2.62. The molecule has 0 aromatic heterocycles. The van der Waals surface area contributed by atoms with Crippen molar-refractivity contribution in [2.24, 2.45) is 5.41 Å². The summed E-state index contributed by atoms with van der Waals surface area (Å²) in [5, 5.41) is 19.3. The van der Waals surface area contributed by atoms with Gasteiger partial charge < -0.3 is 24.4 Å². The van der Waals surface area contributed by atoms with Gasteiger partial charge in [0.25, 0.3) is 0 Å². The van der Waals surface area contributed by atoms with Crippen LogP contribution in [-0.4, -0.2) is 60.1 Å². The second-order valence-corrected chi connectivity index (χ2v) is 3.94. The molecular weight excluding hydrogens is 260 g/mol. The minimum Gasteiger partial charge on any atom is -0.465 e. The van der Waals surface area contributed by atoms with Gasteiger partial charge in [0.15, 0.2) is 0 Å². The number of hydrogen-bond donors (Lipinski definition) is 2. The topological polar surface area (TPSA) is 119 Å². The Morgan fingerprint density at radius 1 is 1.26 bits per heavy atom. The standard InChI is InChI=1S/C11H16O8/c1-3-17-7(13)10(8(14)18-4-2)6-19-9(15)11(10,16)5-12/h12,16H,3-6H2,1-2H3. The highest BCUT2D eigenvalue weighted by atomic mass is 16.6. The van der Waals surface area contributed by atoms with E-state index in [-0.39, 0.29) is 13.2 Å². The van der Waals surface area contributed by atoms with Gasteiger partial charge in [0.2, 0.25) is 11.0 Å². The van der Waals surface area contributed by atoms with E-state index in [1.54, 1.807) is 0 Å². The highest BCUT2D eigenvalue weighted by Crippen LogP contribution is 2.41. The van der Waals surface area contributed by atoms with Crippen molar-refractivity contribution in [3.63, 3.8) is 0 Å². The number of carbonyl (C=O) groups is 3. The van der Waals surface area contributed by atoms with Gasteiger partial charge in [-0.2, -0.15) is 0 Å². The van der Waals surface area contributed by atoms with Gasteiger partial charge in [-0.25, -0.2) is 4.79 Å². The summed E-state index contributed by atoms with van der Waals surface area (Å²) in [4.78, 5) is 35.5. The van der Waals surface area contributed by atoms with Gasteiger partial charge in [-0.3, -0.25) is 9.59 Å². The summed E-state index contributed by atoms with van der Waals surface area (Å²) in [6.07, 6.45) is 0. The number of hydrogen-bond acceptors (Lipinski definition) is 8. The molecule has 0 bridgehead atoms. The smallest absolute Gasteiger partial charge is 0.342 e. The normalized spacial score (nSPS) is 24.7. The van der Waals surface area contributed by atoms with Gasteiger partial charge in [-0.15, -0.1) is 0 Å². The van der Waals surface area contributed by atoms with Crippen molar-refractivity contribution in [2.45, 2.75) is 19.4 Å². The molecular formula is C11H16O8. The van der Waals surface area contributed by atoms with Crippen LogP contribution in [0.3, 0.4) is 0 Å².